The SMILES string of the molecule is Cc1ccccc1P(=S)(c1ccc(F)cc1)c1ccc(F)cc1. The van der Waals surface area contributed by atoms with Gasteiger partial charge < -0.3 is 0 Å². The van der Waals surface area contributed by atoms with Crippen LogP contribution >= 0.6 is 6.04 Å². The van der Waals surface area contributed by atoms with E-state index in [2.05, 4.69) is 0 Å². The summed E-state index contributed by atoms with van der Waals surface area (Å²) >= 11 is 6.14. The summed E-state index contributed by atoms with van der Waals surface area (Å²) in [5.74, 6) is -0.585. The minimum Gasteiger partial charge on any atom is -0.207 e. The molecule has 0 unspecified atom stereocenters. The summed E-state index contributed by atoms with van der Waals surface area (Å²) in [5.41, 5.74) is 1.09. The lowest BCUT2D eigenvalue weighted by Gasteiger charge is -2.25. The van der Waals surface area contributed by atoms with E-state index >= 15 is 0 Å². The number of halogens is 2. The smallest absolute Gasteiger partial charge is 0.123 e. The van der Waals surface area contributed by atoms with Gasteiger partial charge in [-0.05, 0) is 52.7 Å². The molecule has 3 aromatic rings. The van der Waals surface area contributed by atoms with Crippen molar-refractivity contribution < 1.29 is 8.78 Å². The van der Waals surface area contributed by atoms with E-state index in [0.29, 0.717) is 0 Å². The molecular formula is C19H15F2PS. The average molecular weight is 344 g/mol. The first kappa shape index (κ1) is 16.0. The first-order valence-electron chi connectivity index (χ1n) is 7.20. The predicted octanol–water partition coefficient (Wildman–Crippen LogP) is 4.03. The maximum atomic E-state index is 13.3. The summed E-state index contributed by atoms with van der Waals surface area (Å²) in [7, 11) is 0. The summed E-state index contributed by atoms with van der Waals surface area (Å²) in [6.07, 6.45) is 0. The molecule has 0 heterocycles. The van der Waals surface area contributed by atoms with Crippen molar-refractivity contribution in [1.82, 2.24) is 0 Å². The van der Waals surface area contributed by atoms with Crippen LogP contribution in [0.25, 0.3) is 0 Å². The molecule has 3 rings (SSSR count). The number of hydrogen-bond acceptors (Lipinski definition) is 1. The Kier molecular flexibility index (Phi) is 4.43. The van der Waals surface area contributed by atoms with Gasteiger partial charge in [-0.2, -0.15) is 0 Å². The molecule has 0 aliphatic carbocycles. The topological polar surface area (TPSA) is 0 Å². The van der Waals surface area contributed by atoms with Gasteiger partial charge in [0, 0.05) is 6.04 Å². The number of aryl methyl sites for hydroxylation is 1. The lowest BCUT2D eigenvalue weighted by molar-refractivity contribution is 0.628. The normalized spacial score (nSPS) is 11.4. The molecule has 0 aromatic heterocycles. The molecule has 0 amide bonds. The van der Waals surface area contributed by atoms with Gasteiger partial charge in [0.15, 0.2) is 0 Å². The summed E-state index contributed by atoms with van der Waals surface area (Å²) in [6.45, 7) is 2.02. The molecular weight excluding hydrogens is 329 g/mol. The van der Waals surface area contributed by atoms with Crippen LogP contribution in [0.1, 0.15) is 5.56 Å². The molecule has 4 heteroatoms. The summed E-state index contributed by atoms with van der Waals surface area (Å²) in [6, 6.07) is 18.3. The highest BCUT2D eigenvalue weighted by atomic mass is 32.4. The van der Waals surface area contributed by atoms with Crippen molar-refractivity contribution in [2.75, 3.05) is 0 Å². The second kappa shape index (κ2) is 6.35. The molecule has 0 atom stereocenters. The van der Waals surface area contributed by atoms with Crippen molar-refractivity contribution in [2.24, 2.45) is 0 Å². The quantitative estimate of drug-likeness (QED) is 0.647. The Balaban J connectivity index is 2.29. The fourth-order valence-corrected chi connectivity index (χ4v) is 6.85. The lowest BCUT2D eigenvalue weighted by atomic mass is 10.2. The summed E-state index contributed by atoms with van der Waals surface area (Å²) < 4.78 is 26.7. The first-order chi connectivity index (χ1) is 11.0. The first-order valence-corrected chi connectivity index (χ1v) is 10.0. The van der Waals surface area contributed by atoms with Gasteiger partial charge >= 0.3 is 0 Å². The van der Waals surface area contributed by atoms with Gasteiger partial charge in [0.25, 0.3) is 0 Å². The second-order valence-electron chi connectivity index (χ2n) is 5.35. The van der Waals surface area contributed by atoms with Crippen molar-refractivity contribution in [2.45, 2.75) is 6.92 Å². The molecule has 0 aliphatic heterocycles. The third-order valence-corrected chi connectivity index (χ3v) is 8.92. The largest absolute Gasteiger partial charge is 0.207 e. The van der Waals surface area contributed by atoms with E-state index in [-0.39, 0.29) is 11.6 Å². The fourth-order valence-electron chi connectivity index (χ4n) is 2.65. The number of benzene rings is 3. The van der Waals surface area contributed by atoms with Crippen LogP contribution in [0, 0.1) is 18.6 Å². The Morgan fingerprint density at radius 3 is 1.57 bits per heavy atom. The standard InChI is InChI=1S/C19H15F2PS/c1-14-4-2-3-5-19(14)22(23,17-10-6-15(20)7-11-17)18-12-8-16(21)9-13-18/h2-13H,1H3. The van der Waals surface area contributed by atoms with Crippen LogP contribution in [-0.4, -0.2) is 0 Å². The molecule has 116 valence electrons. The predicted molar refractivity (Wildman–Crippen MR) is 97.2 cm³/mol. The molecule has 0 saturated heterocycles. The second-order valence-corrected chi connectivity index (χ2v) is 9.72. The Morgan fingerprint density at radius 1 is 0.696 bits per heavy atom. The van der Waals surface area contributed by atoms with Crippen molar-refractivity contribution in [3.8, 4) is 0 Å². The van der Waals surface area contributed by atoms with Gasteiger partial charge in [0.2, 0.25) is 0 Å². The zero-order chi connectivity index (χ0) is 16.4. The van der Waals surface area contributed by atoms with Crippen LogP contribution in [-0.2, 0) is 11.8 Å². The van der Waals surface area contributed by atoms with Crippen LogP contribution < -0.4 is 15.9 Å². The maximum Gasteiger partial charge on any atom is 0.123 e. The molecule has 0 bridgehead atoms. The molecule has 0 radical (unpaired) electrons. The molecule has 0 aliphatic rings. The highest BCUT2D eigenvalue weighted by Crippen LogP contribution is 2.43. The van der Waals surface area contributed by atoms with E-state index in [1.54, 1.807) is 24.3 Å². The fraction of sp³-hybridized carbons (Fsp3) is 0.0526. The zero-order valence-corrected chi connectivity index (χ0v) is 14.3. The van der Waals surface area contributed by atoms with Gasteiger partial charge in [0.1, 0.15) is 11.6 Å². The summed E-state index contributed by atoms with van der Waals surface area (Å²) in [5, 5.41) is 2.85. The van der Waals surface area contributed by atoms with E-state index in [1.165, 1.54) is 24.3 Å². The Labute approximate surface area is 139 Å². The van der Waals surface area contributed by atoms with Crippen molar-refractivity contribution in [3.63, 3.8) is 0 Å². The van der Waals surface area contributed by atoms with E-state index in [4.69, 9.17) is 11.8 Å². The highest BCUT2D eigenvalue weighted by molar-refractivity contribution is 8.25. The van der Waals surface area contributed by atoms with Crippen molar-refractivity contribution in [1.29, 1.82) is 0 Å². The van der Waals surface area contributed by atoms with Crippen LogP contribution in [0.5, 0.6) is 0 Å². The number of rotatable bonds is 3. The van der Waals surface area contributed by atoms with Gasteiger partial charge in [-0.3, -0.25) is 0 Å². The Morgan fingerprint density at radius 2 is 1.13 bits per heavy atom. The molecule has 0 N–H and O–H groups in total. The molecule has 0 fully saturated rings. The highest BCUT2D eigenvalue weighted by Gasteiger charge is 2.26. The van der Waals surface area contributed by atoms with Gasteiger partial charge in [-0.1, -0.05) is 60.3 Å². The van der Waals surface area contributed by atoms with Crippen molar-refractivity contribution in [3.05, 3.63) is 90.0 Å². The molecule has 0 nitrogen and oxygen atoms in total. The van der Waals surface area contributed by atoms with E-state index in [9.17, 15) is 8.78 Å². The van der Waals surface area contributed by atoms with Crippen LogP contribution in [0.15, 0.2) is 72.8 Å². The minimum atomic E-state index is -2.35. The van der Waals surface area contributed by atoms with Gasteiger partial charge in [-0.15, -0.1) is 0 Å². The van der Waals surface area contributed by atoms with E-state index in [0.717, 1.165) is 21.5 Å². The summed E-state index contributed by atoms with van der Waals surface area (Å²) in [4.78, 5) is 0. The Bertz CT molecular complexity index is 821. The lowest BCUT2D eigenvalue weighted by Crippen LogP contribution is -2.26. The zero-order valence-electron chi connectivity index (χ0n) is 12.5. The van der Waals surface area contributed by atoms with Gasteiger partial charge in [0.05, 0.1) is 0 Å². The average Bonchev–Trinajstić information content (AvgIpc) is 2.56. The van der Waals surface area contributed by atoms with Crippen LogP contribution in [0.4, 0.5) is 8.78 Å². The van der Waals surface area contributed by atoms with E-state index < -0.39 is 6.04 Å². The monoisotopic (exact) mass is 344 g/mol. The Hall–Kier alpha value is -1.83. The molecule has 0 saturated carbocycles. The maximum absolute atomic E-state index is 13.3. The van der Waals surface area contributed by atoms with Crippen LogP contribution in [0.2, 0.25) is 0 Å². The third-order valence-electron chi connectivity index (χ3n) is 3.84. The third kappa shape index (κ3) is 2.99. The van der Waals surface area contributed by atoms with Crippen molar-refractivity contribution >= 4 is 33.8 Å². The number of hydrogen-bond donors (Lipinski definition) is 0. The molecule has 3 aromatic carbocycles. The minimum absolute atomic E-state index is 0.292. The molecule has 0 spiro atoms. The molecule has 23 heavy (non-hydrogen) atoms. The van der Waals surface area contributed by atoms with Crippen LogP contribution in [0.3, 0.4) is 0 Å². The van der Waals surface area contributed by atoms with E-state index in [1.807, 2.05) is 31.2 Å². The van der Waals surface area contributed by atoms with Gasteiger partial charge in [-0.25, -0.2) is 8.78 Å².